The van der Waals surface area contributed by atoms with Gasteiger partial charge in [0.2, 0.25) is 0 Å². The molecule has 1 heterocycles. The smallest absolute Gasteiger partial charge is 0.308 e. The molecule has 1 fully saturated rings. The van der Waals surface area contributed by atoms with E-state index in [9.17, 15) is 18.0 Å². The highest BCUT2D eigenvalue weighted by Gasteiger charge is 2.28. The van der Waals surface area contributed by atoms with Crippen LogP contribution in [0.15, 0.2) is 29.2 Å². The molecule has 2 rings (SSSR count). The molecule has 1 saturated heterocycles. The summed E-state index contributed by atoms with van der Waals surface area (Å²) in [7, 11) is -3.38. The zero-order chi connectivity index (χ0) is 15.6. The lowest BCUT2D eigenvalue weighted by atomic mass is 9.97. The topological polar surface area (TPSA) is 91.8 Å². The van der Waals surface area contributed by atoms with Crippen LogP contribution in [0.1, 0.15) is 23.2 Å². The van der Waals surface area contributed by atoms with Crippen LogP contribution >= 0.6 is 0 Å². The lowest BCUT2D eigenvalue weighted by Gasteiger charge is -2.30. The monoisotopic (exact) mass is 311 g/mol. The first-order valence-corrected chi connectivity index (χ1v) is 8.50. The normalized spacial score (nSPS) is 19.3. The SMILES string of the molecule is CS(=O)(=O)c1cccc(C(=O)N2CCC[C@@H](C(=O)O)C2)c1. The molecule has 0 saturated carbocycles. The molecule has 1 aliphatic rings. The molecule has 0 radical (unpaired) electrons. The molecule has 0 bridgehead atoms. The first-order valence-electron chi connectivity index (χ1n) is 6.61. The summed E-state index contributed by atoms with van der Waals surface area (Å²) in [5.41, 5.74) is 0.268. The molecule has 1 amide bonds. The number of aliphatic carboxylic acids is 1. The molecule has 1 aromatic carbocycles. The van der Waals surface area contributed by atoms with Crippen molar-refractivity contribution in [2.45, 2.75) is 17.7 Å². The lowest BCUT2D eigenvalue weighted by molar-refractivity contribution is -0.143. The molecular weight excluding hydrogens is 294 g/mol. The first kappa shape index (κ1) is 15.5. The van der Waals surface area contributed by atoms with Crippen LogP contribution in [0.5, 0.6) is 0 Å². The van der Waals surface area contributed by atoms with Gasteiger partial charge in [-0.1, -0.05) is 6.07 Å². The predicted molar refractivity (Wildman–Crippen MR) is 75.8 cm³/mol. The van der Waals surface area contributed by atoms with E-state index in [4.69, 9.17) is 5.11 Å². The number of amides is 1. The summed E-state index contributed by atoms with van der Waals surface area (Å²) in [4.78, 5) is 25.0. The van der Waals surface area contributed by atoms with Gasteiger partial charge < -0.3 is 10.0 Å². The second-order valence-corrected chi connectivity index (χ2v) is 7.24. The van der Waals surface area contributed by atoms with Gasteiger partial charge >= 0.3 is 5.97 Å². The van der Waals surface area contributed by atoms with Crippen molar-refractivity contribution in [3.05, 3.63) is 29.8 Å². The van der Waals surface area contributed by atoms with Gasteiger partial charge in [-0.2, -0.15) is 0 Å². The number of carboxylic acids is 1. The zero-order valence-corrected chi connectivity index (χ0v) is 12.5. The maximum atomic E-state index is 12.4. The summed E-state index contributed by atoms with van der Waals surface area (Å²) in [5, 5.41) is 9.04. The summed E-state index contributed by atoms with van der Waals surface area (Å²) in [6.07, 6.45) is 2.27. The van der Waals surface area contributed by atoms with Gasteiger partial charge in [0, 0.05) is 24.9 Å². The van der Waals surface area contributed by atoms with Crippen LogP contribution in [-0.4, -0.2) is 49.6 Å². The highest BCUT2D eigenvalue weighted by molar-refractivity contribution is 7.90. The number of carbonyl (C=O) groups excluding carboxylic acids is 1. The number of piperidine rings is 1. The van der Waals surface area contributed by atoms with E-state index < -0.39 is 21.7 Å². The van der Waals surface area contributed by atoms with Gasteiger partial charge in [0.15, 0.2) is 9.84 Å². The Hall–Kier alpha value is -1.89. The second-order valence-electron chi connectivity index (χ2n) is 5.23. The number of sulfone groups is 1. The van der Waals surface area contributed by atoms with E-state index in [1.165, 1.54) is 23.1 Å². The van der Waals surface area contributed by atoms with Crippen molar-refractivity contribution in [2.24, 2.45) is 5.92 Å². The van der Waals surface area contributed by atoms with Gasteiger partial charge in [0.25, 0.3) is 5.91 Å². The number of carbonyl (C=O) groups is 2. The van der Waals surface area contributed by atoms with Crippen LogP contribution in [0.2, 0.25) is 0 Å². The molecule has 1 aromatic rings. The van der Waals surface area contributed by atoms with Crippen LogP contribution in [0.4, 0.5) is 0 Å². The van der Waals surface area contributed by atoms with E-state index in [1.54, 1.807) is 6.07 Å². The number of carboxylic acid groups (broad SMARTS) is 1. The Labute approximate surface area is 123 Å². The number of hydrogen-bond acceptors (Lipinski definition) is 4. The van der Waals surface area contributed by atoms with Crippen LogP contribution in [0.25, 0.3) is 0 Å². The van der Waals surface area contributed by atoms with E-state index in [1.807, 2.05) is 0 Å². The first-order chi connectivity index (χ1) is 9.79. The van der Waals surface area contributed by atoms with Gasteiger partial charge in [0.1, 0.15) is 0 Å². The molecule has 6 nitrogen and oxygen atoms in total. The molecule has 1 aliphatic heterocycles. The Morgan fingerprint density at radius 3 is 2.67 bits per heavy atom. The maximum absolute atomic E-state index is 12.4. The quantitative estimate of drug-likeness (QED) is 0.900. The fourth-order valence-electron chi connectivity index (χ4n) is 2.41. The molecule has 114 valence electrons. The van der Waals surface area contributed by atoms with Crippen LogP contribution in [-0.2, 0) is 14.6 Å². The van der Waals surface area contributed by atoms with Gasteiger partial charge in [0.05, 0.1) is 10.8 Å². The summed E-state index contributed by atoms with van der Waals surface area (Å²) >= 11 is 0. The number of nitrogens with zero attached hydrogens (tertiary/aromatic N) is 1. The Morgan fingerprint density at radius 2 is 2.05 bits per heavy atom. The number of benzene rings is 1. The van der Waals surface area contributed by atoms with E-state index in [0.717, 1.165) is 6.26 Å². The predicted octanol–water partition coefficient (Wildman–Crippen LogP) is 1.03. The van der Waals surface area contributed by atoms with Crippen molar-refractivity contribution in [2.75, 3.05) is 19.3 Å². The average Bonchev–Trinajstić information content (AvgIpc) is 2.46. The summed E-state index contributed by atoms with van der Waals surface area (Å²) in [6.45, 7) is 0.656. The molecule has 0 aliphatic carbocycles. The minimum absolute atomic E-state index is 0.0835. The van der Waals surface area contributed by atoms with Gasteiger partial charge in [-0.05, 0) is 31.0 Å². The Kier molecular flexibility index (Phi) is 4.32. The van der Waals surface area contributed by atoms with Crippen LogP contribution in [0.3, 0.4) is 0 Å². The van der Waals surface area contributed by atoms with Gasteiger partial charge in [-0.25, -0.2) is 8.42 Å². The van der Waals surface area contributed by atoms with Gasteiger partial charge in [-0.15, -0.1) is 0 Å². The maximum Gasteiger partial charge on any atom is 0.308 e. The fourth-order valence-corrected chi connectivity index (χ4v) is 3.07. The fraction of sp³-hybridized carbons (Fsp3) is 0.429. The molecule has 21 heavy (non-hydrogen) atoms. The highest BCUT2D eigenvalue weighted by Crippen LogP contribution is 2.20. The molecule has 1 atom stereocenters. The summed E-state index contributed by atoms with van der Waals surface area (Å²) < 4.78 is 23.0. The van der Waals surface area contributed by atoms with E-state index in [-0.39, 0.29) is 22.9 Å². The van der Waals surface area contributed by atoms with Gasteiger partial charge in [-0.3, -0.25) is 9.59 Å². The lowest BCUT2D eigenvalue weighted by Crippen LogP contribution is -2.42. The number of rotatable bonds is 3. The average molecular weight is 311 g/mol. The van der Waals surface area contributed by atoms with Crippen molar-refractivity contribution >= 4 is 21.7 Å². The Morgan fingerprint density at radius 1 is 1.33 bits per heavy atom. The molecule has 0 spiro atoms. The minimum Gasteiger partial charge on any atom is -0.481 e. The third kappa shape index (κ3) is 3.60. The van der Waals surface area contributed by atoms with Crippen molar-refractivity contribution in [1.29, 1.82) is 0 Å². The third-order valence-electron chi connectivity index (χ3n) is 3.57. The minimum atomic E-state index is -3.38. The van der Waals surface area contributed by atoms with Crippen molar-refractivity contribution in [3.8, 4) is 0 Å². The Bertz CT molecular complexity index is 668. The van der Waals surface area contributed by atoms with Crippen LogP contribution < -0.4 is 0 Å². The molecule has 0 aromatic heterocycles. The van der Waals surface area contributed by atoms with Crippen molar-refractivity contribution < 1.29 is 23.1 Å². The standard InChI is InChI=1S/C14H17NO5S/c1-21(19,20)12-6-2-4-10(8-12)13(16)15-7-3-5-11(9-15)14(17)18/h2,4,6,8,11H,3,5,7,9H2,1H3,(H,17,18)/t11-/m1/s1. The zero-order valence-electron chi connectivity index (χ0n) is 11.7. The Balaban J connectivity index is 2.22. The summed E-state index contributed by atoms with van der Waals surface area (Å²) in [5.74, 6) is -1.79. The summed E-state index contributed by atoms with van der Waals surface area (Å²) in [6, 6.07) is 5.83. The highest BCUT2D eigenvalue weighted by atomic mass is 32.2. The van der Waals surface area contributed by atoms with E-state index >= 15 is 0 Å². The molecule has 7 heteroatoms. The van der Waals surface area contributed by atoms with Crippen LogP contribution in [0, 0.1) is 5.92 Å². The largest absolute Gasteiger partial charge is 0.481 e. The number of likely N-dealkylation sites (tertiary alicyclic amines) is 1. The van der Waals surface area contributed by atoms with Crippen molar-refractivity contribution in [1.82, 2.24) is 4.90 Å². The van der Waals surface area contributed by atoms with E-state index in [0.29, 0.717) is 19.4 Å². The second kappa shape index (κ2) is 5.85. The van der Waals surface area contributed by atoms with E-state index in [2.05, 4.69) is 0 Å². The molecule has 0 unspecified atom stereocenters. The van der Waals surface area contributed by atoms with Crippen molar-refractivity contribution in [3.63, 3.8) is 0 Å². The molecule has 1 N–H and O–H groups in total. The third-order valence-corrected chi connectivity index (χ3v) is 4.68. The molecular formula is C14H17NO5S. The number of hydrogen-bond donors (Lipinski definition) is 1.